The van der Waals surface area contributed by atoms with Crippen LogP contribution in [0.25, 0.3) is 11.3 Å². The first kappa shape index (κ1) is 23.9. The van der Waals surface area contributed by atoms with E-state index in [1.165, 1.54) is 6.07 Å². The number of benzene rings is 1. The Balaban J connectivity index is 1.87. The molecule has 0 saturated heterocycles. The third-order valence-electron chi connectivity index (χ3n) is 4.93. The number of halogens is 3. The number of H-pyrrole nitrogens is 1. The lowest BCUT2D eigenvalue weighted by Gasteiger charge is -2.11. The first-order valence-electron chi connectivity index (χ1n) is 10.0. The maximum atomic E-state index is 12.1. The van der Waals surface area contributed by atoms with E-state index in [1.54, 1.807) is 0 Å². The van der Waals surface area contributed by atoms with E-state index in [9.17, 15) is 23.3 Å². The van der Waals surface area contributed by atoms with Crippen molar-refractivity contribution in [1.29, 1.82) is 0 Å². The summed E-state index contributed by atoms with van der Waals surface area (Å²) in [5.41, 5.74) is 8.20. The number of hydrogen-bond acceptors (Lipinski definition) is 4. The van der Waals surface area contributed by atoms with Gasteiger partial charge in [-0.25, -0.2) is 0 Å². The molecule has 0 saturated carbocycles. The lowest BCUT2D eigenvalue weighted by molar-refractivity contribution is -0.384. The third kappa shape index (κ3) is 7.44. The predicted molar refractivity (Wildman–Crippen MR) is 115 cm³/mol. The van der Waals surface area contributed by atoms with Crippen molar-refractivity contribution in [3.63, 3.8) is 0 Å². The monoisotopic (exact) mass is 441 g/mol. The highest BCUT2D eigenvalue weighted by atomic mass is 32.1. The molecule has 0 spiro atoms. The van der Waals surface area contributed by atoms with Gasteiger partial charge < -0.3 is 10.7 Å². The molecule has 164 valence electrons. The molecule has 0 bridgehead atoms. The third-order valence-corrected chi connectivity index (χ3v) is 5.23. The van der Waals surface area contributed by atoms with Crippen LogP contribution in [0.1, 0.15) is 56.9 Å². The molecule has 2 aromatic rings. The molecule has 0 aliphatic heterocycles. The van der Waals surface area contributed by atoms with E-state index in [4.69, 9.17) is 18.0 Å². The van der Waals surface area contributed by atoms with E-state index in [0.717, 1.165) is 49.7 Å². The van der Waals surface area contributed by atoms with Crippen LogP contribution in [0, 0.1) is 14.8 Å². The van der Waals surface area contributed by atoms with Gasteiger partial charge in [0.2, 0.25) is 0 Å². The normalized spacial score (nSPS) is 11.6. The van der Waals surface area contributed by atoms with E-state index in [2.05, 4.69) is 4.98 Å². The van der Waals surface area contributed by atoms with Gasteiger partial charge in [0.25, 0.3) is 0 Å². The maximum absolute atomic E-state index is 12.1. The summed E-state index contributed by atoms with van der Waals surface area (Å²) in [6.07, 6.45) is 1.58. The lowest BCUT2D eigenvalue weighted by Crippen LogP contribution is -2.06. The van der Waals surface area contributed by atoms with Crippen LogP contribution in [-0.4, -0.2) is 16.1 Å². The Morgan fingerprint density at radius 1 is 1.03 bits per heavy atom. The number of nitro groups is 1. The summed E-state index contributed by atoms with van der Waals surface area (Å²) < 4.78 is 36.3. The van der Waals surface area contributed by atoms with Crippen molar-refractivity contribution in [1.82, 2.24) is 4.98 Å². The van der Waals surface area contributed by atoms with Gasteiger partial charge in [0, 0.05) is 17.7 Å². The zero-order valence-corrected chi connectivity index (χ0v) is 17.5. The molecule has 2 rings (SSSR count). The van der Waals surface area contributed by atoms with Gasteiger partial charge >= 0.3 is 11.9 Å². The number of nitrogens with two attached hydrogens (primary N) is 1. The van der Waals surface area contributed by atoms with E-state index in [1.807, 2.05) is 24.3 Å². The zero-order valence-electron chi connectivity index (χ0n) is 16.6. The molecule has 1 aromatic carbocycles. The van der Waals surface area contributed by atoms with Crippen molar-refractivity contribution in [3.05, 3.63) is 50.7 Å². The molecule has 30 heavy (non-hydrogen) atoms. The van der Waals surface area contributed by atoms with Crippen molar-refractivity contribution in [2.45, 2.75) is 64.0 Å². The topological polar surface area (TPSA) is 85.0 Å². The van der Waals surface area contributed by atoms with Gasteiger partial charge in [0.05, 0.1) is 4.92 Å². The van der Waals surface area contributed by atoms with Crippen LogP contribution in [0.15, 0.2) is 30.3 Å². The molecule has 0 aliphatic carbocycles. The fraction of sp³-hybridized carbons (Fsp3) is 0.476. The van der Waals surface area contributed by atoms with Gasteiger partial charge in [-0.05, 0) is 30.9 Å². The smallest absolute Gasteiger partial charge is 0.389 e. The van der Waals surface area contributed by atoms with Gasteiger partial charge in [0.15, 0.2) is 4.64 Å². The molecule has 0 aliphatic rings. The van der Waals surface area contributed by atoms with Crippen LogP contribution in [-0.2, 0) is 6.42 Å². The number of pyridine rings is 1. The first-order chi connectivity index (χ1) is 14.2. The fourth-order valence-corrected chi connectivity index (χ4v) is 3.73. The largest absolute Gasteiger partial charge is 0.393 e. The van der Waals surface area contributed by atoms with E-state index < -0.39 is 17.5 Å². The molecule has 3 N–H and O–H groups in total. The number of hydrogen-bond donors (Lipinski definition) is 2. The molecular formula is C21H26F3N3O2S. The van der Waals surface area contributed by atoms with Crippen LogP contribution in [0.5, 0.6) is 0 Å². The second kappa shape index (κ2) is 11.1. The molecule has 9 heteroatoms. The summed E-state index contributed by atoms with van der Waals surface area (Å²) in [7, 11) is 0. The minimum Gasteiger partial charge on any atom is -0.393 e. The van der Waals surface area contributed by atoms with Crippen LogP contribution in [0.3, 0.4) is 0 Å². The summed E-state index contributed by atoms with van der Waals surface area (Å²) in [5.74, 6) is 0. The van der Waals surface area contributed by atoms with Crippen molar-refractivity contribution in [2.24, 2.45) is 0 Å². The molecule has 0 amide bonds. The molecule has 1 aromatic heterocycles. The fourth-order valence-electron chi connectivity index (χ4n) is 3.43. The van der Waals surface area contributed by atoms with E-state index in [0.29, 0.717) is 12.1 Å². The number of aromatic nitrogens is 1. The van der Waals surface area contributed by atoms with E-state index >= 15 is 0 Å². The molecular weight excluding hydrogens is 415 g/mol. The number of anilines is 1. The standard InChI is InChI=1S/C21H26F3N3O2S/c22-21(23,24)13-9-5-3-1-2-4-6-10-15-11-7-8-12-16(15)18-14-17(25)19(27(28)29)20(30)26-18/h7-8,11-12,14H,1-6,9-10,13H2,(H3,25,26,30). The Bertz CT molecular complexity index is 913. The van der Waals surface area contributed by atoms with Crippen molar-refractivity contribution in [3.8, 4) is 11.3 Å². The van der Waals surface area contributed by atoms with Crippen LogP contribution in [0.4, 0.5) is 24.5 Å². The average molecular weight is 442 g/mol. The first-order valence-corrected chi connectivity index (χ1v) is 10.4. The van der Waals surface area contributed by atoms with Crippen LogP contribution in [0.2, 0.25) is 0 Å². The van der Waals surface area contributed by atoms with Crippen molar-refractivity contribution in [2.75, 3.05) is 5.73 Å². The summed E-state index contributed by atoms with van der Waals surface area (Å²) in [6, 6.07) is 9.27. The zero-order chi connectivity index (χ0) is 22.1. The second-order valence-corrected chi connectivity index (χ2v) is 7.73. The SMILES string of the molecule is Nc1cc(-c2ccccc2CCCCCCCCCC(F)(F)F)[nH]c(=S)c1[N+](=O)[O-]. The van der Waals surface area contributed by atoms with Crippen molar-refractivity contribution < 1.29 is 18.1 Å². The van der Waals surface area contributed by atoms with Crippen LogP contribution >= 0.6 is 12.2 Å². The van der Waals surface area contributed by atoms with Crippen LogP contribution < -0.4 is 5.73 Å². The Kier molecular flexibility index (Phi) is 8.83. The number of aryl methyl sites for hydroxylation is 1. The summed E-state index contributed by atoms with van der Waals surface area (Å²) >= 11 is 5.09. The Morgan fingerprint density at radius 3 is 2.23 bits per heavy atom. The Labute approximate surface area is 178 Å². The quantitative estimate of drug-likeness (QED) is 0.168. The minimum atomic E-state index is -4.05. The highest BCUT2D eigenvalue weighted by Gasteiger charge is 2.25. The maximum Gasteiger partial charge on any atom is 0.389 e. The number of nitrogens with one attached hydrogen (secondary N) is 1. The predicted octanol–water partition coefficient (Wildman–Crippen LogP) is 7.13. The average Bonchev–Trinajstić information content (AvgIpc) is 2.65. The molecule has 0 radical (unpaired) electrons. The Morgan fingerprint density at radius 2 is 1.63 bits per heavy atom. The molecule has 5 nitrogen and oxygen atoms in total. The molecule has 0 fully saturated rings. The summed E-state index contributed by atoms with van der Waals surface area (Å²) in [6.45, 7) is 0. The number of unbranched alkanes of at least 4 members (excludes halogenated alkanes) is 6. The number of aromatic amines is 1. The van der Waals surface area contributed by atoms with E-state index in [-0.39, 0.29) is 22.4 Å². The summed E-state index contributed by atoms with van der Waals surface area (Å²) in [4.78, 5) is 13.4. The number of nitrogens with zero attached hydrogens (tertiary/aromatic N) is 1. The highest BCUT2D eigenvalue weighted by molar-refractivity contribution is 7.71. The second-order valence-electron chi connectivity index (χ2n) is 7.32. The molecule has 0 unspecified atom stereocenters. The molecule has 0 atom stereocenters. The Hall–Kier alpha value is -2.42. The number of rotatable bonds is 11. The van der Waals surface area contributed by atoms with Gasteiger partial charge in [-0.3, -0.25) is 10.1 Å². The van der Waals surface area contributed by atoms with Crippen molar-refractivity contribution >= 4 is 23.6 Å². The number of nitrogen functional groups attached to an aromatic ring is 1. The highest BCUT2D eigenvalue weighted by Crippen LogP contribution is 2.30. The minimum absolute atomic E-state index is 0.00433. The summed E-state index contributed by atoms with van der Waals surface area (Å²) in [5, 5.41) is 11.1. The van der Waals surface area contributed by atoms with Gasteiger partial charge in [-0.2, -0.15) is 13.2 Å². The lowest BCUT2D eigenvalue weighted by atomic mass is 9.98. The van der Waals surface area contributed by atoms with Gasteiger partial charge in [-0.15, -0.1) is 0 Å². The molecule has 1 heterocycles. The number of alkyl halides is 3. The van der Waals surface area contributed by atoms with Gasteiger partial charge in [0.1, 0.15) is 5.69 Å². The van der Waals surface area contributed by atoms with Gasteiger partial charge in [-0.1, -0.05) is 68.6 Å².